The second-order valence-electron chi connectivity index (χ2n) is 7.44. The Morgan fingerprint density at radius 3 is 2.48 bits per heavy atom. The summed E-state index contributed by atoms with van der Waals surface area (Å²) >= 11 is 0. The zero-order valence-corrected chi connectivity index (χ0v) is 17.4. The molecular weight excluding hydrogens is 358 g/mol. The number of imidazole rings is 1. The van der Waals surface area contributed by atoms with Crippen LogP contribution in [0.4, 0.5) is 5.69 Å². The van der Waals surface area contributed by atoms with Crippen LogP contribution in [0.1, 0.15) is 28.2 Å². The fraction of sp³-hybridized carbons (Fsp3) is 0.250. The molecule has 5 heteroatoms. The van der Waals surface area contributed by atoms with Crippen LogP contribution in [0.2, 0.25) is 0 Å². The van der Waals surface area contributed by atoms with E-state index in [4.69, 9.17) is 9.97 Å². The lowest BCUT2D eigenvalue weighted by Gasteiger charge is -2.07. The lowest BCUT2D eigenvalue weighted by atomic mass is 10.1. The third kappa shape index (κ3) is 3.44. The maximum absolute atomic E-state index is 4.90. The molecule has 0 atom stereocenters. The summed E-state index contributed by atoms with van der Waals surface area (Å²) in [5.41, 5.74) is 9.41. The van der Waals surface area contributed by atoms with Gasteiger partial charge in [0.1, 0.15) is 5.82 Å². The van der Waals surface area contributed by atoms with Crippen molar-refractivity contribution in [3.63, 3.8) is 0 Å². The first-order valence-corrected chi connectivity index (χ1v) is 9.81. The molecule has 0 aliphatic carbocycles. The largest absolute Gasteiger partial charge is 0.331 e. The quantitative estimate of drug-likeness (QED) is 0.450. The van der Waals surface area contributed by atoms with Gasteiger partial charge in [0, 0.05) is 31.4 Å². The number of rotatable bonds is 5. The Morgan fingerprint density at radius 2 is 1.72 bits per heavy atom. The van der Waals surface area contributed by atoms with E-state index in [1.807, 2.05) is 12.3 Å². The number of nitrogens with zero attached hydrogens (tertiary/aromatic N) is 5. The molecule has 2 aromatic carbocycles. The summed E-state index contributed by atoms with van der Waals surface area (Å²) in [7, 11) is 2.07. The van der Waals surface area contributed by atoms with Crippen LogP contribution < -0.4 is 0 Å². The van der Waals surface area contributed by atoms with Gasteiger partial charge in [-0.25, -0.2) is 9.97 Å². The molecule has 0 bridgehead atoms. The highest BCUT2D eigenvalue weighted by Crippen LogP contribution is 2.28. The minimum Gasteiger partial charge on any atom is -0.331 e. The highest BCUT2D eigenvalue weighted by molar-refractivity contribution is 5.86. The topological polar surface area (TPSA) is 56.0 Å². The predicted molar refractivity (Wildman–Crippen MR) is 120 cm³/mol. The Labute approximate surface area is 170 Å². The molecule has 0 fully saturated rings. The molecule has 4 aromatic rings. The van der Waals surface area contributed by atoms with Crippen molar-refractivity contribution < 1.29 is 0 Å². The molecule has 0 N–H and O–H groups in total. The maximum atomic E-state index is 4.90. The number of allylic oxidation sites excluding steroid dienone is 1. The average molecular weight is 383 g/mol. The van der Waals surface area contributed by atoms with E-state index in [0.717, 1.165) is 68.8 Å². The maximum Gasteiger partial charge on any atom is 0.110 e. The van der Waals surface area contributed by atoms with Gasteiger partial charge in [-0.3, -0.25) is 9.98 Å². The molecule has 0 radical (unpaired) electrons. The molecule has 0 unspecified atom stereocenters. The molecule has 2 aromatic heterocycles. The summed E-state index contributed by atoms with van der Waals surface area (Å²) in [6, 6.07) is 8.32. The summed E-state index contributed by atoms with van der Waals surface area (Å²) in [5, 5.41) is 0. The molecule has 2 heterocycles. The Kier molecular flexibility index (Phi) is 4.97. The highest BCUT2D eigenvalue weighted by atomic mass is 15.1. The number of aromatic nitrogens is 4. The van der Waals surface area contributed by atoms with Crippen molar-refractivity contribution in [2.75, 3.05) is 0 Å². The number of aliphatic imine (C=N–C) groups is 1. The molecule has 29 heavy (non-hydrogen) atoms. The Hall–Kier alpha value is -3.34. The molecule has 0 amide bonds. The lowest BCUT2D eigenvalue weighted by molar-refractivity contribution is 0.775. The van der Waals surface area contributed by atoms with Gasteiger partial charge >= 0.3 is 0 Å². The summed E-state index contributed by atoms with van der Waals surface area (Å²) < 4.78 is 2.16. The van der Waals surface area contributed by atoms with E-state index in [-0.39, 0.29) is 0 Å². The van der Waals surface area contributed by atoms with Gasteiger partial charge in [-0.15, -0.1) is 0 Å². The first kappa shape index (κ1) is 19.0. The second kappa shape index (κ2) is 7.59. The van der Waals surface area contributed by atoms with Crippen molar-refractivity contribution in [2.45, 2.75) is 33.6 Å². The fourth-order valence-corrected chi connectivity index (χ4v) is 3.68. The van der Waals surface area contributed by atoms with E-state index < -0.39 is 0 Å². The van der Waals surface area contributed by atoms with Gasteiger partial charge in [-0.05, 0) is 50.5 Å². The monoisotopic (exact) mass is 383 g/mol. The van der Waals surface area contributed by atoms with Crippen LogP contribution in [0, 0.1) is 20.8 Å². The SMILES string of the molecule is C=CC=Nc1ccc2c(nc(CCc3cnc4c(C)ccc(C)c4n3)n2C)c1C. The van der Waals surface area contributed by atoms with Crippen molar-refractivity contribution >= 4 is 34.0 Å². The lowest BCUT2D eigenvalue weighted by Crippen LogP contribution is -2.03. The minimum absolute atomic E-state index is 0.800. The Balaban J connectivity index is 1.64. The molecule has 5 nitrogen and oxygen atoms in total. The van der Waals surface area contributed by atoms with E-state index in [1.165, 1.54) is 0 Å². The highest BCUT2D eigenvalue weighted by Gasteiger charge is 2.13. The zero-order chi connectivity index (χ0) is 20.5. The van der Waals surface area contributed by atoms with E-state index in [1.54, 1.807) is 12.3 Å². The van der Waals surface area contributed by atoms with Gasteiger partial charge in [0.2, 0.25) is 0 Å². The van der Waals surface area contributed by atoms with E-state index in [9.17, 15) is 0 Å². The van der Waals surface area contributed by atoms with Gasteiger partial charge in [-0.1, -0.05) is 24.8 Å². The summed E-state index contributed by atoms with van der Waals surface area (Å²) in [5.74, 6) is 1.04. The fourth-order valence-electron chi connectivity index (χ4n) is 3.68. The van der Waals surface area contributed by atoms with Gasteiger partial charge < -0.3 is 4.57 Å². The molecule has 4 rings (SSSR count). The van der Waals surface area contributed by atoms with Gasteiger partial charge in [-0.2, -0.15) is 0 Å². The van der Waals surface area contributed by atoms with Crippen molar-refractivity contribution in [1.29, 1.82) is 0 Å². The third-order valence-electron chi connectivity index (χ3n) is 5.45. The van der Waals surface area contributed by atoms with E-state index in [0.29, 0.717) is 0 Å². The van der Waals surface area contributed by atoms with Crippen molar-refractivity contribution in [3.05, 3.63) is 71.3 Å². The third-order valence-corrected chi connectivity index (χ3v) is 5.45. The first-order valence-electron chi connectivity index (χ1n) is 9.81. The van der Waals surface area contributed by atoms with Crippen molar-refractivity contribution in [1.82, 2.24) is 19.5 Å². The first-order chi connectivity index (χ1) is 14.0. The smallest absolute Gasteiger partial charge is 0.110 e. The number of hydrogen-bond acceptors (Lipinski definition) is 4. The van der Waals surface area contributed by atoms with Gasteiger partial charge in [0.05, 0.1) is 33.4 Å². The molecule has 0 aliphatic heterocycles. The normalized spacial score (nSPS) is 11.7. The summed E-state index contributed by atoms with van der Waals surface area (Å²) in [4.78, 5) is 18.9. The van der Waals surface area contributed by atoms with Crippen LogP contribution in [0.3, 0.4) is 0 Å². The van der Waals surface area contributed by atoms with Crippen molar-refractivity contribution in [2.24, 2.45) is 12.0 Å². The molecule has 0 spiro atoms. The summed E-state index contributed by atoms with van der Waals surface area (Å²) in [6.45, 7) is 9.91. The predicted octanol–water partition coefficient (Wildman–Crippen LogP) is 5.12. The number of fused-ring (bicyclic) bond motifs is 2. The molecule has 0 saturated carbocycles. The van der Waals surface area contributed by atoms with Crippen LogP contribution in [0.15, 0.2) is 48.1 Å². The van der Waals surface area contributed by atoms with Crippen LogP contribution >= 0.6 is 0 Å². The number of aryl methyl sites for hydroxylation is 6. The standard InChI is InChI=1S/C24H25N5/c1-6-13-25-19-10-11-20-24(17(19)4)28-21(29(20)5)12-9-18-14-26-22-15(2)7-8-16(3)23(22)27-18/h6-8,10-11,13-14H,1,9,12H2,2-5H3. The molecule has 0 saturated heterocycles. The van der Waals surface area contributed by atoms with E-state index >= 15 is 0 Å². The second-order valence-corrected chi connectivity index (χ2v) is 7.44. The van der Waals surface area contributed by atoms with E-state index in [2.05, 4.69) is 67.1 Å². The molecular formula is C24H25N5. The van der Waals surface area contributed by atoms with Crippen LogP contribution in [-0.2, 0) is 19.9 Å². The van der Waals surface area contributed by atoms with Crippen LogP contribution in [0.25, 0.3) is 22.1 Å². The van der Waals surface area contributed by atoms with Gasteiger partial charge in [0.25, 0.3) is 0 Å². The van der Waals surface area contributed by atoms with Crippen LogP contribution in [-0.4, -0.2) is 25.7 Å². The average Bonchev–Trinajstić information content (AvgIpc) is 3.05. The minimum atomic E-state index is 0.800. The molecule has 146 valence electrons. The van der Waals surface area contributed by atoms with Gasteiger partial charge in [0.15, 0.2) is 0 Å². The summed E-state index contributed by atoms with van der Waals surface area (Å²) in [6.07, 6.45) is 6.89. The van der Waals surface area contributed by atoms with Crippen LogP contribution in [0.5, 0.6) is 0 Å². The Morgan fingerprint density at radius 1 is 0.966 bits per heavy atom. The number of benzene rings is 2. The Bertz CT molecular complexity index is 1260. The molecule has 0 aliphatic rings. The zero-order valence-electron chi connectivity index (χ0n) is 17.4. The van der Waals surface area contributed by atoms with Crippen molar-refractivity contribution in [3.8, 4) is 0 Å². The number of hydrogen-bond donors (Lipinski definition) is 0.